The topological polar surface area (TPSA) is 46.8 Å². The monoisotopic (exact) mass is 313 g/mol. The molecule has 0 fully saturated rings. The minimum absolute atomic E-state index is 0.770. The summed E-state index contributed by atoms with van der Waals surface area (Å²) in [6.07, 6.45) is 3.86. The van der Waals surface area contributed by atoms with E-state index in [1.54, 1.807) is 11.8 Å². The molecule has 2 aromatic heterocycles. The summed E-state index contributed by atoms with van der Waals surface area (Å²) < 4.78 is 1.88. The van der Waals surface area contributed by atoms with E-state index in [9.17, 15) is 0 Å². The first-order valence-electron chi connectivity index (χ1n) is 7.38. The van der Waals surface area contributed by atoms with Crippen molar-refractivity contribution in [2.45, 2.75) is 19.0 Å². The fourth-order valence-electron chi connectivity index (χ4n) is 2.49. The van der Waals surface area contributed by atoms with Crippen molar-refractivity contribution in [1.82, 2.24) is 19.7 Å². The van der Waals surface area contributed by atoms with Crippen molar-refractivity contribution < 1.29 is 0 Å². The van der Waals surface area contributed by atoms with Gasteiger partial charge in [-0.25, -0.2) is 14.6 Å². The molecule has 6 heteroatoms. The average Bonchev–Trinajstić information content (AvgIpc) is 3.00. The second kappa shape index (κ2) is 6.36. The number of aromatic nitrogens is 4. The van der Waals surface area contributed by atoms with Gasteiger partial charge in [0.25, 0.3) is 0 Å². The van der Waals surface area contributed by atoms with Crippen LogP contribution in [0.2, 0.25) is 0 Å². The summed E-state index contributed by atoms with van der Waals surface area (Å²) >= 11 is 1.55. The van der Waals surface area contributed by atoms with E-state index < -0.39 is 0 Å². The predicted molar refractivity (Wildman–Crippen MR) is 92.0 cm³/mol. The minimum atomic E-state index is 0.770. The van der Waals surface area contributed by atoms with E-state index >= 15 is 0 Å². The van der Waals surface area contributed by atoms with Gasteiger partial charge in [-0.1, -0.05) is 30.0 Å². The Morgan fingerprint density at radius 2 is 1.82 bits per heavy atom. The summed E-state index contributed by atoms with van der Waals surface area (Å²) in [6.45, 7) is 6.09. The molecule has 114 valence electrons. The molecule has 0 radical (unpaired) electrons. The quantitative estimate of drug-likeness (QED) is 0.534. The zero-order valence-electron chi connectivity index (χ0n) is 13.0. The van der Waals surface area contributed by atoms with Crippen LogP contribution in [-0.4, -0.2) is 39.1 Å². The van der Waals surface area contributed by atoms with Gasteiger partial charge in [-0.15, -0.1) is 0 Å². The van der Waals surface area contributed by atoms with Crippen molar-refractivity contribution >= 4 is 28.6 Å². The Kier molecular flexibility index (Phi) is 4.29. The molecule has 3 aromatic rings. The summed E-state index contributed by atoms with van der Waals surface area (Å²) in [6, 6.07) is 10.1. The smallest absolute Gasteiger partial charge is 0.191 e. The van der Waals surface area contributed by atoms with E-state index in [0.29, 0.717) is 0 Å². The molecule has 0 aliphatic carbocycles. The molecular formula is C16H19N5S. The van der Waals surface area contributed by atoms with Crippen LogP contribution in [0, 0.1) is 0 Å². The van der Waals surface area contributed by atoms with E-state index in [-0.39, 0.29) is 0 Å². The molecule has 0 saturated heterocycles. The Balaban J connectivity index is 2.24. The van der Waals surface area contributed by atoms with Crippen LogP contribution in [0.25, 0.3) is 16.7 Å². The molecule has 0 amide bonds. The second-order valence-corrected chi connectivity index (χ2v) is 5.61. The standard InChI is InChI=1S/C16H19N5S/c1-4-20(5-2)14-13-11-17-21(12-9-7-6-8-10-12)15(13)19-16(18-14)22-3/h6-11H,4-5H2,1-3H3. The predicted octanol–water partition coefficient (Wildman–Crippen LogP) is 3.38. The van der Waals surface area contributed by atoms with Crippen molar-refractivity contribution in [2.75, 3.05) is 24.2 Å². The van der Waals surface area contributed by atoms with Crippen molar-refractivity contribution in [3.8, 4) is 5.69 Å². The van der Waals surface area contributed by atoms with Crippen LogP contribution in [0.15, 0.2) is 41.7 Å². The molecule has 0 atom stereocenters. The van der Waals surface area contributed by atoms with Gasteiger partial charge >= 0.3 is 0 Å². The Labute approximate surface area is 134 Å². The first-order valence-corrected chi connectivity index (χ1v) is 8.61. The number of fused-ring (bicyclic) bond motifs is 1. The number of para-hydroxylation sites is 1. The number of hydrogen-bond donors (Lipinski definition) is 0. The lowest BCUT2D eigenvalue weighted by molar-refractivity contribution is 0.825. The SMILES string of the molecule is CCN(CC)c1nc(SC)nc2c1cnn2-c1ccccc1. The molecule has 0 aliphatic rings. The highest BCUT2D eigenvalue weighted by Crippen LogP contribution is 2.27. The molecule has 0 aliphatic heterocycles. The maximum Gasteiger partial charge on any atom is 0.191 e. The molecule has 2 heterocycles. The number of nitrogens with zero attached hydrogens (tertiary/aromatic N) is 5. The largest absolute Gasteiger partial charge is 0.356 e. The number of thioether (sulfide) groups is 1. The third-order valence-electron chi connectivity index (χ3n) is 3.63. The molecule has 1 aromatic carbocycles. The third kappa shape index (κ3) is 2.54. The molecule has 22 heavy (non-hydrogen) atoms. The third-order valence-corrected chi connectivity index (χ3v) is 4.18. The van der Waals surface area contributed by atoms with E-state index in [2.05, 4.69) is 28.8 Å². The second-order valence-electron chi connectivity index (χ2n) is 4.84. The first-order chi connectivity index (χ1) is 10.8. The summed E-state index contributed by atoms with van der Waals surface area (Å²) in [5.74, 6) is 0.960. The van der Waals surface area contributed by atoms with Crippen LogP contribution in [0.3, 0.4) is 0 Å². The molecule has 0 bridgehead atoms. The van der Waals surface area contributed by atoms with Crippen LogP contribution in [0.4, 0.5) is 5.82 Å². The lowest BCUT2D eigenvalue weighted by Crippen LogP contribution is -2.23. The van der Waals surface area contributed by atoms with Gasteiger partial charge in [-0.05, 0) is 32.2 Å². The maximum atomic E-state index is 4.69. The van der Waals surface area contributed by atoms with Crippen LogP contribution < -0.4 is 4.90 Å². The van der Waals surface area contributed by atoms with Gasteiger partial charge < -0.3 is 4.90 Å². The summed E-state index contributed by atoms with van der Waals surface area (Å²) in [5, 5.41) is 6.29. The Morgan fingerprint density at radius 3 is 2.45 bits per heavy atom. The van der Waals surface area contributed by atoms with Gasteiger partial charge in [0.1, 0.15) is 5.82 Å². The average molecular weight is 313 g/mol. The van der Waals surface area contributed by atoms with Gasteiger partial charge in [0, 0.05) is 13.1 Å². The Bertz CT molecular complexity index is 765. The van der Waals surface area contributed by atoms with E-state index in [1.807, 2.05) is 47.5 Å². The highest BCUT2D eigenvalue weighted by atomic mass is 32.2. The van der Waals surface area contributed by atoms with Crippen LogP contribution in [0.5, 0.6) is 0 Å². The zero-order chi connectivity index (χ0) is 15.5. The Hall–Kier alpha value is -2.08. The lowest BCUT2D eigenvalue weighted by Gasteiger charge is -2.20. The van der Waals surface area contributed by atoms with Crippen LogP contribution >= 0.6 is 11.8 Å². The summed E-state index contributed by atoms with van der Waals surface area (Å²) in [4.78, 5) is 11.6. The van der Waals surface area contributed by atoms with E-state index in [4.69, 9.17) is 4.98 Å². The molecular weight excluding hydrogens is 294 g/mol. The molecule has 3 rings (SSSR count). The van der Waals surface area contributed by atoms with Gasteiger partial charge in [0.2, 0.25) is 0 Å². The molecule has 0 spiro atoms. The molecule has 0 saturated carbocycles. The number of anilines is 1. The maximum absolute atomic E-state index is 4.69. The van der Waals surface area contributed by atoms with Crippen LogP contribution in [0.1, 0.15) is 13.8 Å². The van der Waals surface area contributed by atoms with Crippen LogP contribution in [-0.2, 0) is 0 Å². The number of benzene rings is 1. The first kappa shape index (κ1) is 14.8. The highest BCUT2D eigenvalue weighted by molar-refractivity contribution is 7.98. The van der Waals surface area contributed by atoms with Crippen molar-refractivity contribution in [1.29, 1.82) is 0 Å². The van der Waals surface area contributed by atoms with Crippen molar-refractivity contribution in [3.63, 3.8) is 0 Å². The normalized spacial score (nSPS) is 11.0. The van der Waals surface area contributed by atoms with E-state index in [1.165, 1.54) is 0 Å². The molecule has 0 N–H and O–H groups in total. The summed E-state index contributed by atoms with van der Waals surface area (Å²) in [7, 11) is 0. The van der Waals surface area contributed by atoms with Crippen molar-refractivity contribution in [3.05, 3.63) is 36.5 Å². The Morgan fingerprint density at radius 1 is 1.09 bits per heavy atom. The number of hydrogen-bond acceptors (Lipinski definition) is 5. The summed E-state index contributed by atoms with van der Waals surface area (Å²) in [5.41, 5.74) is 1.86. The molecule has 5 nitrogen and oxygen atoms in total. The fraction of sp³-hybridized carbons (Fsp3) is 0.312. The van der Waals surface area contributed by atoms with Gasteiger partial charge in [0.15, 0.2) is 10.8 Å². The fourth-order valence-corrected chi connectivity index (χ4v) is 2.84. The zero-order valence-corrected chi connectivity index (χ0v) is 13.8. The lowest BCUT2D eigenvalue weighted by atomic mass is 10.3. The minimum Gasteiger partial charge on any atom is -0.356 e. The van der Waals surface area contributed by atoms with Gasteiger partial charge in [-0.3, -0.25) is 0 Å². The van der Waals surface area contributed by atoms with E-state index in [0.717, 1.165) is 40.8 Å². The highest BCUT2D eigenvalue weighted by Gasteiger charge is 2.16. The van der Waals surface area contributed by atoms with Crippen molar-refractivity contribution in [2.24, 2.45) is 0 Å². The molecule has 0 unspecified atom stereocenters. The van der Waals surface area contributed by atoms with Gasteiger partial charge in [-0.2, -0.15) is 5.10 Å². The number of rotatable bonds is 5. The van der Waals surface area contributed by atoms with Gasteiger partial charge in [0.05, 0.1) is 17.3 Å².